The minimum atomic E-state index is -0.0510. The lowest BCUT2D eigenvalue weighted by molar-refractivity contribution is 0.364. The number of aromatic nitrogens is 4. The van der Waals surface area contributed by atoms with E-state index in [0.717, 1.165) is 50.3 Å². The molecule has 0 bridgehead atoms. The topological polar surface area (TPSA) is 78.8 Å². The van der Waals surface area contributed by atoms with Crippen LogP contribution in [0.4, 0.5) is 5.69 Å². The fraction of sp³-hybridized carbons (Fsp3) is 0.632. The number of aryl methyl sites for hydroxylation is 3. The Morgan fingerprint density at radius 1 is 1.35 bits per heavy atom. The summed E-state index contributed by atoms with van der Waals surface area (Å²) in [7, 11) is 1.68. The molecule has 0 amide bonds. The highest BCUT2D eigenvalue weighted by Crippen LogP contribution is 2.21. The molecular formula is C19H30N6O. The van der Waals surface area contributed by atoms with Crippen LogP contribution in [0.5, 0.6) is 0 Å². The first-order valence-electron chi connectivity index (χ1n) is 9.46. The van der Waals surface area contributed by atoms with Crippen molar-refractivity contribution in [3.8, 4) is 0 Å². The molecule has 26 heavy (non-hydrogen) atoms. The van der Waals surface area contributed by atoms with Gasteiger partial charge in [-0.15, -0.1) is 0 Å². The van der Waals surface area contributed by atoms with Crippen molar-refractivity contribution in [1.82, 2.24) is 25.3 Å². The van der Waals surface area contributed by atoms with Gasteiger partial charge in [-0.2, -0.15) is 10.2 Å². The minimum Gasteiger partial charge on any atom is -0.370 e. The molecule has 2 N–H and O–H groups in total. The third kappa shape index (κ3) is 4.33. The first-order valence-corrected chi connectivity index (χ1v) is 9.46. The Bertz CT molecular complexity index is 768. The van der Waals surface area contributed by atoms with Crippen LogP contribution in [-0.2, 0) is 13.5 Å². The largest absolute Gasteiger partial charge is 0.370 e. The molecule has 0 aromatic carbocycles. The number of piperidine rings is 1. The summed E-state index contributed by atoms with van der Waals surface area (Å²) in [6.07, 6.45) is 5.07. The number of nitrogens with zero attached hydrogens (tertiary/aromatic N) is 4. The van der Waals surface area contributed by atoms with Gasteiger partial charge in [0.1, 0.15) is 0 Å². The zero-order chi connectivity index (χ0) is 18.7. The van der Waals surface area contributed by atoms with E-state index in [9.17, 15) is 4.79 Å². The highest BCUT2D eigenvalue weighted by molar-refractivity contribution is 5.43. The van der Waals surface area contributed by atoms with Crippen LogP contribution in [0, 0.1) is 19.8 Å². The van der Waals surface area contributed by atoms with Gasteiger partial charge in [0.15, 0.2) is 0 Å². The molecule has 0 saturated carbocycles. The molecule has 1 fully saturated rings. The van der Waals surface area contributed by atoms with Crippen LogP contribution in [0.25, 0.3) is 0 Å². The summed E-state index contributed by atoms with van der Waals surface area (Å²) in [5.41, 5.74) is 4.50. The predicted molar refractivity (Wildman–Crippen MR) is 104 cm³/mol. The van der Waals surface area contributed by atoms with Crippen LogP contribution in [0.3, 0.4) is 0 Å². The quantitative estimate of drug-likeness (QED) is 0.819. The van der Waals surface area contributed by atoms with Gasteiger partial charge in [0, 0.05) is 37.9 Å². The van der Waals surface area contributed by atoms with Gasteiger partial charge < -0.3 is 10.2 Å². The van der Waals surface area contributed by atoms with E-state index in [1.54, 1.807) is 19.3 Å². The van der Waals surface area contributed by atoms with Gasteiger partial charge in [0.05, 0.1) is 17.6 Å². The summed E-state index contributed by atoms with van der Waals surface area (Å²) < 4.78 is 1.37. The third-order valence-corrected chi connectivity index (χ3v) is 5.48. The minimum absolute atomic E-state index is 0.0510. The van der Waals surface area contributed by atoms with E-state index in [1.807, 2.05) is 0 Å². The van der Waals surface area contributed by atoms with Gasteiger partial charge >= 0.3 is 0 Å². The number of anilines is 1. The van der Waals surface area contributed by atoms with Gasteiger partial charge in [-0.25, -0.2) is 4.68 Å². The zero-order valence-electron chi connectivity index (χ0n) is 16.2. The molecule has 142 valence electrons. The fourth-order valence-corrected chi connectivity index (χ4v) is 3.65. The van der Waals surface area contributed by atoms with E-state index in [0.29, 0.717) is 12.0 Å². The van der Waals surface area contributed by atoms with Gasteiger partial charge in [0.2, 0.25) is 0 Å². The Labute approximate surface area is 154 Å². The molecule has 0 spiro atoms. The second-order valence-corrected chi connectivity index (χ2v) is 7.53. The average molecular weight is 358 g/mol. The van der Waals surface area contributed by atoms with Gasteiger partial charge in [-0.3, -0.25) is 9.89 Å². The number of H-pyrrole nitrogens is 1. The molecule has 0 unspecified atom stereocenters. The van der Waals surface area contributed by atoms with Crippen molar-refractivity contribution in [3.63, 3.8) is 0 Å². The molecular weight excluding hydrogens is 328 g/mol. The molecule has 1 aliphatic rings. The molecule has 0 radical (unpaired) electrons. The molecule has 2 aromatic rings. The van der Waals surface area contributed by atoms with Crippen LogP contribution < -0.4 is 15.8 Å². The van der Waals surface area contributed by atoms with Crippen LogP contribution in [-0.4, -0.2) is 45.7 Å². The lowest BCUT2D eigenvalue weighted by Gasteiger charge is -2.34. The maximum absolute atomic E-state index is 11.8. The number of hydrogen-bond donors (Lipinski definition) is 2. The SMILES string of the molecule is Cc1n[nH]c(C)c1C[C@H](C)NCC1CCN(c2cnn(C)c(=O)c2)CC1. The summed E-state index contributed by atoms with van der Waals surface area (Å²) in [6.45, 7) is 9.40. The summed E-state index contributed by atoms with van der Waals surface area (Å²) in [5, 5.41) is 15.2. The van der Waals surface area contributed by atoms with Gasteiger partial charge in [-0.1, -0.05) is 0 Å². The molecule has 1 saturated heterocycles. The third-order valence-electron chi connectivity index (χ3n) is 5.48. The summed E-state index contributed by atoms with van der Waals surface area (Å²) in [4.78, 5) is 14.0. The fourth-order valence-electron chi connectivity index (χ4n) is 3.65. The Morgan fingerprint density at radius 3 is 2.69 bits per heavy atom. The monoisotopic (exact) mass is 358 g/mol. The van der Waals surface area contributed by atoms with Crippen molar-refractivity contribution in [2.24, 2.45) is 13.0 Å². The van der Waals surface area contributed by atoms with Crippen molar-refractivity contribution in [2.45, 2.75) is 46.1 Å². The van der Waals surface area contributed by atoms with E-state index >= 15 is 0 Å². The smallest absolute Gasteiger partial charge is 0.268 e. The Balaban J connectivity index is 1.45. The van der Waals surface area contributed by atoms with Crippen molar-refractivity contribution >= 4 is 5.69 Å². The number of rotatable bonds is 6. The van der Waals surface area contributed by atoms with E-state index in [1.165, 1.54) is 15.9 Å². The highest BCUT2D eigenvalue weighted by Gasteiger charge is 2.21. The first kappa shape index (κ1) is 18.6. The average Bonchev–Trinajstić information content (AvgIpc) is 2.95. The first-order chi connectivity index (χ1) is 12.4. The molecule has 2 aromatic heterocycles. The molecule has 3 heterocycles. The molecule has 1 aliphatic heterocycles. The number of hydrogen-bond acceptors (Lipinski definition) is 5. The Hall–Kier alpha value is -2.15. The summed E-state index contributed by atoms with van der Waals surface area (Å²) in [6, 6.07) is 2.12. The highest BCUT2D eigenvalue weighted by atomic mass is 16.1. The maximum Gasteiger partial charge on any atom is 0.268 e. The van der Waals surface area contributed by atoms with Crippen molar-refractivity contribution in [2.75, 3.05) is 24.5 Å². The Kier molecular flexibility index (Phi) is 5.76. The van der Waals surface area contributed by atoms with Gasteiger partial charge in [-0.05, 0) is 58.1 Å². The van der Waals surface area contributed by atoms with E-state index in [2.05, 4.69) is 46.3 Å². The second-order valence-electron chi connectivity index (χ2n) is 7.53. The maximum atomic E-state index is 11.8. The van der Waals surface area contributed by atoms with Crippen LogP contribution >= 0.6 is 0 Å². The van der Waals surface area contributed by atoms with Gasteiger partial charge in [0.25, 0.3) is 5.56 Å². The Morgan fingerprint density at radius 2 is 2.08 bits per heavy atom. The zero-order valence-corrected chi connectivity index (χ0v) is 16.2. The normalized spacial score (nSPS) is 16.8. The predicted octanol–water partition coefficient (Wildman–Crippen LogP) is 1.56. The van der Waals surface area contributed by atoms with Crippen LogP contribution in [0.2, 0.25) is 0 Å². The second kappa shape index (κ2) is 8.03. The van der Waals surface area contributed by atoms with Crippen molar-refractivity contribution in [3.05, 3.63) is 39.6 Å². The number of nitrogens with one attached hydrogen (secondary N) is 2. The molecule has 7 heteroatoms. The molecule has 0 aliphatic carbocycles. The van der Waals surface area contributed by atoms with Crippen molar-refractivity contribution < 1.29 is 0 Å². The van der Waals surface area contributed by atoms with Crippen molar-refractivity contribution in [1.29, 1.82) is 0 Å². The lowest BCUT2D eigenvalue weighted by Crippen LogP contribution is -2.40. The van der Waals surface area contributed by atoms with E-state index < -0.39 is 0 Å². The number of aromatic amines is 1. The van der Waals surface area contributed by atoms with E-state index in [4.69, 9.17) is 0 Å². The summed E-state index contributed by atoms with van der Waals surface area (Å²) in [5.74, 6) is 0.680. The standard InChI is InChI=1S/C19H30N6O/c1-13(9-18-14(2)22-23-15(18)3)20-11-16-5-7-25(8-6-16)17-10-19(26)24(4)21-12-17/h10,12-13,16,20H,5-9,11H2,1-4H3,(H,22,23)/t13-/m0/s1. The summed E-state index contributed by atoms with van der Waals surface area (Å²) >= 11 is 0. The molecule has 7 nitrogen and oxygen atoms in total. The molecule has 3 rings (SSSR count). The molecule has 1 atom stereocenters. The van der Waals surface area contributed by atoms with Crippen LogP contribution in [0.1, 0.15) is 36.7 Å². The van der Waals surface area contributed by atoms with Crippen LogP contribution in [0.15, 0.2) is 17.1 Å². The lowest BCUT2D eigenvalue weighted by atomic mass is 9.95. The van der Waals surface area contributed by atoms with E-state index in [-0.39, 0.29) is 5.56 Å².